The highest BCUT2D eigenvalue weighted by atomic mass is 32.2. The number of rotatable bonds is 11. The third-order valence-corrected chi connectivity index (χ3v) is 10.0. The molecular formula is C31H30N8O11S2. The van der Waals surface area contributed by atoms with Gasteiger partial charge in [0.25, 0.3) is 11.8 Å². The van der Waals surface area contributed by atoms with Crippen LogP contribution in [0.25, 0.3) is 0 Å². The van der Waals surface area contributed by atoms with Crippen LogP contribution in [0.4, 0.5) is 4.79 Å². The Morgan fingerprint density at radius 1 is 1.06 bits per heavy atom. The van der Waals surface area contributed by atoms with Crippen molar-refractivity contribution < 1.29 is 53.2 Å². The molecule has 0 saturated carbocycles. The normalized spacial score (nSPS) is 16.9. The van der Waals surface area contributed by atoms with Crippen molar-refractivity contribution in [3.8, 4) is 17.2 Å². The molecule has 2 aromatic carbocycles. The van der Waals surface area contributed by atoms with E-state index in [4.69, 9.17) is 9.47 Å². The van der Waals surface area contributed by atoms with Crippen molar-refractivity contribution in [3.05, 3.63) is 64.9 Å². The van der Waals surface area contributed by atoms with Gasteiger partial charge in [-0.1, -0.05) is 23.9 Å². The number of urea groups is 1. The number of nitrogens with zero attached hydrogens (tertiary/aromatic N) is 6. The Morgan fingerprint density at radius 3 is 2.35 bits per heavy atom. The minimum atomic E-state index is -1.50. The number of β-lactam (4-membered cyclic amide) rings is 1. The van der Waals surface area contributed by atoms with Gasteiger partial charge < -0.3 is 30.3 Å². The highest BCUT2D eigenvalue weighted by Gasteiger charge is 2.54. The van der Waals surface area contributed by atoms with E-state index in [1.54, 1.807) is 7.05 Å². The first kappa shape index (κ1) is 37.3. The summed E-state index contributed by atoms with van der Waals surface area (Å²) in [5.74, 6) is -5.35. The van der Waals surface area contributed by atoms with E-state index >= 15 is 0 Å². The Morgan fingerprint density at radius 2 is 1.73 bits per heavy atom. The largest absolute Gasteiger partial charge is 0.508 e. The Labute approximate surface area is 302 Å². The number of fused-ring (bicyclic) bond motifs is 1. The van der Waals surface area contributed by atoms with Gasteiger partial charge in [0.15, 0.2) is 11.5 Å². The minimum Gasteiger partial charge on any atom is -0.508 e. The lowest BCUT2D eigenvalue weighted by molar-refractivity contribution is -0.151. The number of tetrazole rings is 1. The number of imide groups is 1. The average molecular weight is 755 g/mol. The van der Waals surface area contributed by atoms with Crippen molar-refractivity contribution in [1.29, 1.82) is 0 Å². The number of phenolic OH excluding ortho intramolecular Hbond substituents is 1. The predicted octanol–water partition coefficient (Wildman–Crippen LogP) is 0.820. The minimum absolute atomic E-state index is 0.136. The van der Waals surface area contributed by atoms with Crippen molar-refractivity contribution in [1.82, 2.24) is 40.6 Å². The summed E-state index contributed by atoms with van der Waals surface area (Å²) in [5.41, 5.74) is 0.292. The first-order valence-corrected chi connectivity index (χ1v) is 17.1. The lowest BCUT2D eigenvalue weighted by Gasteiger charge is -2.49. The quantitative estimate of drug-likeness (QED) is 0.0915. The van der Waals surface area contributed by atoms with Crippen LogP contribution >= 0.6 is 23.5 Å². The van der Waals surface area contributed by atoms with Crippen molar-refractivity contribution >= 4 is 65.2 Å². The molecule has 2 aliphatic heterocycles. The first-order chi connectivity index (χ1) is 24.7. The number of carbonyl (C=O) groups is 7. The van der Waals surface area contributed by atoms with Gasteiger partial charge in [-0.3, -0.25) is 33.8 Å². The molecule has 21 heteroatoms. The number of amides is 5. The smallest absolute Gasteiger partial charge is 0.352 e. The van der Waals surface area contributed by atoms with E-state index in [-0.39, 0.29) is 45.6 Å². The standard InChI is InChI=1S/C31H30N8O11S2/c1-14(40)49-20-10-7-17(11-21(20)50-15(2)41)26(44)37(3)30(48)33-22(16-5-8-19(42)9-6-16)25(43)32-23-27(45)39-24(29(46)47)18(12-51-28(23)39)13-52-31-34-35-36-38(31)4/h5-11,22-23,28,42H,12-13H2,1-4H3,(H,32,43)(H,33,48)(H,46,47)/t22?,23?,28-/m0/s1. The topological polar surface area (TPSA) is 253 Å². The molecule has 0 spiro atoms. The molecule has 4 N–H and O–H groups in total. The molecule has 5 rings (SSSR count). The van der Waals surface area contributed by atoms with Gasteiger partial charge in [0, 0.05) is 45.0 Å². The number of aryl methyl sites for hydroxylation is 1. The second-order valence-electron chi connectivity index (χ2n) is 11.2. The number of carboxylic acids is 1. The van der Waals surface area contributed by atoms with Crippen molar-refractivity contribution in [2.75, 3.05) is 18.6 Å². The number of ether oxygens (including phenoxy) is 2. The molecule has 1 aromatic heterocycles. The zero-order chi connectivity index (χ0) is 37.9. The monoisotopic (exact) mass is 754 g/mol. The summed E-state index contributed by atoms with van der Waals surface area (Å²) < 4.78 is 11.5. The molecule has 0 aliphatic carbocycles. The van der Waals surface area contributed by atoms with Crippen LogP contribution in [0.5, 0.6) is 17.2 Å². The molecule has 3 heterocycles. The molecule has 2 unspecified atom stereocenters. The van der Waals surface area contributed by atoms with Gasteiger partial charge in [-0.2, -0.15) is 0 Å². The number of hydrogen-bond donors (Lipinski definition) is 4. The van der Waals surface area contributed by atoms with E-state index in [2.05, 4.69) is 26.2 Å². The van der Waals surface area contributed by atoms with Gasteiger partial charge in [-0.15, -0.1) is 16.9 Å². The maximum Gasteiger partial charge on any atom is 0.352 e. The fourth-order valence-corrected chi connectivity index (χ4v) is 7.45. The number of nitrogens with one attached hydrogen (secondary N) is 2. The summed E-state index contributed by atoms with van der Waals surface area (Å²) in [4.78, 5) is 91.0. The number of thioether (sulfide) groups is 2. The number of aliphatic carboxylic acids is 1. The summed E-state index contributed by atoms with van der Waals surface area (Å²) in [6.45, 7) is 2.23. The van der Waals surface area contributed by atoms with E-state index in [0.29, 0.717) is 15.6 Å². The van der Waals surface area contributed by atoms with E-state index in [1.807, 2.05) is 0 Å². The summed E-state index contributed by atoms with van der Waals surface area (Å²) in [5, 5.41) is 35.7. The van der Waals surface area contributed by atoms with Gasteiger partial charge in [0.05, 0.1) is 0 Å². The van der Waals surface area contributed by atoms with Gasteiger partial charge >= 0.3 is 23.9 Å². The lowest BCUT2D eigenvalue weighted by Crippen LogP contribution is -2.71. The molecule has 2 aliphatic rings. The van der Waals surface area contributed by atoms with E-state index < -0.39 is 59.1 Å². The van der Waals surface area contributed by atoms with Crippen LogP contribution < -0.4 is 20.1 Å². The number of aromatic hydroxyl groups is 1. The maximum atomic E-state index is 13.8. The van der Waals surface area contributed by atoms with Crippen molar-refractivity contribution in [2.45, 2.75) is 36.5 Å². The van der Waals surface area contributed by atoms with Gasteiger partial charge in [0.2, 0.25) is 11.1 Å². The zero-order valence-electron chi connectivity index (χ0n) is 27.8. The molecular weight excluding hydrogens is 725 g/mol. The molecule has 3 atom stereocenters. The fraction of sp³-hybridized carbons (Fsp3) is 0.290. The third-order valence-electron chi connectivity index (χ3n) is 7.57. The molecule has 52 heavy (non-hydrogen) atoms. The molecule has 5 amide bonds. The molecule has 1 fully saturated rings. The third kappa shape index (κ3) is 7.99. The van der Waals surface area contributed by atoms with Gasteiger partial charge in [-0.05, 0) is 51.9 Å². The van der Waals surface area contributed by atoms with Crippen LogP contribution in [0.2, 0.25) is 0 Å². The number of benzene rings is 2. The highest BCUT2D eigenvalue weighted by molar-refractivity contribution is 8.01. The fourth-order valence-electron chi connectivity index (χ4n) is 5.11. The van der Waals surface area contributed by atoms with E-state index in [9.17, 15) is 43.8 Å². The molecule has 0 bridgehead atoms. The SMILES string of the molecule is CC(=O)Oc1ccc(C(=O)N(C)C(=O)NC(C(=O)NC2C(=O)N3C(C(=O)O)=C(CSc4nnnn4C)CS[C@@H]23)c2ccc(O)cc2)cc1OC(C)=O. The number of phenols is 1. The Hall–Kier alpha value is -5.96. The average Bonchev–Trinajstić information content (AvgIpc) is 3.52. The van der Waals surface area contributed by atoms with Crippen LogP contribution in [0, 0.1) is 0 Å². The van der Waals surface area contributed by atoms with Crippen molar-refractivity contribution in [3.63, 3.8) is 0 Å². The Kier molecular flexibility index (Phi) is 11.1. The van der Waals surface area contributed by atoms with Crippen molar-refractivity contribution in [2.24, 2.45) is 7.05 Å². The zero-order valence-corrected chi connectivity index (χ0v) is 29.4. The van der Waals surface area contributed by atoms with Crippen LogP contribution in [0.3, 0.4) is 0 Å². The number of carbonyl (C=O) groups excluding carboxylic acids is 6. The van der Waals surface area contributed by atoms with Gasteiger partial charge in [-0.25, -0.2) is 14.3 Å². The number of hydrogen-bond acceptors (Lipinski definition) is 15. The summed E-state index contributed by atoms with van der Waals surface area (Å²) in [6, 6.07) is 5.07. The maximum absolute atomic E-state index is 13.8. The van der Waals surface area contributed by atoms with Crippen LogP contribution in [-0.4, -0.2) is 112 Å². The molecule has 1 saturated heterocycles. The number of esters is 2. The van der Waals surface area contributed by atoms with Crippen LogP contribution in [0.1, 0.15) is 35.8 Å². The summed E-state index contributed by atoms with van der Waals surface area (Å²) >= 11 is 2.44. The Bertz CT molecular complexity index is 2000. The van der Waals surface area contributed by atoms with Crippen LogP contribution in [-0.2, 0) is 31.0 Å². The number of aromatic nitrogens is 4. The Balaban J connectivity index is 1.32. The van der Waals surface area contributed by atoms with Gasteiger partial charge in [0.1, 0.15) is 28.9 Å². The summed E-state index contributed by atoms with van der Waals surface area (Å²) in [7, 11) is 2.75. The lowest BCUT2D eigenvalue weighted by atomic mass is 10.0. The molecule has 272 valence electrons. The highest BCUT2D eigenvalue weighted by Crippen LogP contribution is 2.41. The first-order valence-electron chi connectivity index (χ1n) is 15.1. The van der Waals surface area contributed by atoms with E-state index in [1.165, 1.54) is 64.6 Å². The second-order valence-corrected chi connectivity index (χ2v) is 13.3. The summed E-state index contributed by atoms with van der Waals surface area (Å²) in [6.07, 6.45) is 0. The second kappa shape index (κ2) is 15.5. The molecule has 19 nitrogen and oxygen atoms in total. The van der Waals surface area contributed by atoms with E-state index in [0.717, 1.165) is 31.9 Å². The number of carboxylic acid groups (broad SMARTS) is 1. The molecule has 3 aromatic rings. The molecule has 0 radical (unpaired) electrons. The predicted molar refractivity (Wildman–Crippen MR) is 180 cm³/mol. The van der Waals surface area contributed by atoms with Crippen LogP contribution in [0.15, 0.2) is 58.9 Å².